The first-order valence-electron chi connectivity index (χ1n) is 10.4. The summed E-state index contributed by atoms with van der Waals surface area (Å²) in [5, 5.41) is 12.8. The van der Waals surface area contributed by atoms with Crippen molar-refractivity contribution in [1.82, 2.24) is 4.90 Å². The molecule has 0 bridgehead atoms. The molecule has 1 N–H and O–H groups in total. The first kappa shape index (κ1) is 21.3. The van der Waals surface area contributed by atoms with Crippen LogP contribution in [-0.4, -0.2) is 42.9 Å². The number of hydrogen-bond donors (Lipinski definition) is 1. The molecule has 1 aliphatic heterocycles. The smallest absolute Gasteiger partial charge is 0.0976 e. The molecule has 4 heteroatoms. The normalized spacial score (nSPS) is 18.6. The lowest BCUT2D eigenvalue weighted by Gasteiger charge is -2.41. The van der Waals surface area contributed by atoms with Crippen LogP contribution < -0.4 is 0 Å². The van der Waals surface area contributed by atoms with E-state index in [-0.39, 0.29) is 5.92 Å². The molecule has 3 rings (SSSR count). The summed E-state index contributed by atoms with van der Waals surface area (Å²) in [4.78, 5) is 2.41. The fourth-order valence-corrected chi connectivity index (χ4v) is 4.33. The van der Waals surface area contributed by atoms with Crippen LogP contribution in [0.4, 0.5) is 0 Å². The molecule has 1 aliphatic rings. The van der Waals surface area contributed by atoms with E-state index in [1.807, 2.05) is 12.1 Å². The summed E-state index contributed by atoms with van der Waals surface area (Å²) in [6, 6.07) is 16.5. The molecule has 0 spiro atoms. The summed E-state index contributed by atoms with van der Waals surface area (Å²) in [5.41, 5.74) is 2.50. The first-order chi connectivity index (χ1) is 13.6. The number of ether oxygens (including phenoxy) is 1. The summed E-state index contributed by atoms with van der Waals surface area (Å²) in [5.74, 6) is -0.0321. The molecular formula is C24H32ClNO2. The first-order valence-corrected chi connectivity index (χ1v) is 10.8. The molecule has 152 valence electrons. The molecule has 1 saturated heterocycles. The van der Waals surface area contributed by atoms with Gasteiger partial charge in [0.1, 0.15) is 0 Å². The highest BCUT2D eigenvalue weighted by molar-refractivity contribution is 6.30. The molecule has 0 saturated carbocycles. The van der Waals surface area contributed by atoms with Crippen LogP contribution in [0.15, 0.2) is 48.5 Å². The Hall–Kier alpha value is -1.39. The van der Waals surface area contributed by atoms with E-state index in [0.29, 0.717) is 0 Å². The van der Waals surface area contributed by atoms with Crippen LogP contribution in [-0.2, 0) is 16.8 Å². The van der Waals surface area contributed by atoms with Gasteiger partial charge in [0, 0.05) is 30.6 Å². The average molecular weight is 402 g/mol. The molecular weight excluding hydrogens is 370 g/mol. The second-order valence-corrected chi connectivity index (χ2v) is 8.18. The molecule has 0 radical (unpaired) electrons. The Kier molecular flexibility index (Phi) is 7.53. The Morgan fingerprint density at radius 1 is 1.04 bits per heavy atom. The number of aryl methyl sites for hydroxylation is 1. The third-order valence-corrected chi connectivity index (χ3v) is 6.14. The Morgan fingerprint density at radius 3 is 2.25 bits per heavy atom. The zero-order chi connectivity index (χ0) is 20.0. The molecule has 28 heavy (non-hydrogen) atoms. The number of benzene rings is 2. The SMILES string of the molecule is CCCC(O)(c1ccc(CC)cc1)C(CN1CCOCC1)c1ccc(Cl)cc1. The molecule has 1 heterocycles. The maximum Gasteiger partial charge on any atom is 0.0976 e. The highest BCUT2D eigenvalue weighted by atomic mass is 35.5. The molecule has 3 nitrogen and oxygen atoms in total. The molecule has 2 unspecified atom stereocenters. The fraction of sp³-hybridized carbons (Fsp3) is 0.500. The second-order valence-electron chi connectivity index (χ2n) is 7.74. The van der Waals surface area contributed by atoms with Gasteiger partial charge in [0.25, 0.3) is 0 Å². The van der Waals surface area contributed by atoms with Gasteiger partial charge in [-0.25, -0.2) is 0 Å². The molecule has 1 fully saturated rings. The van der Waals surface area contributed by atoms with Crippen LogP contribution >= 0.6 is 11.6 Å². The average Bonchev–Trinajstić information content (AvgIpc) is 2.74. The van der Waals surface area contributed by atoms with Crippen molar-refractivity contribution in [3.05, 3.63) is 70.2 Å². The maximum absolute atomic E-state index is 12.1. The van der Waals surface area contributed by atoms with Gasteiger partial charge >= 0.3 is 0 Å². The van der Waals surface area contributed by atoms with E-state index in [0.717, 1.165) is 68.3 Å². The van der Waals surface area contributed by atoms with E-state index in [4.69, 9.17) is 16.3 Å². The minimum atomic E-state index is -0.923. The van der Waals surface area contributed by atoms with Gasteiger partial charge in [0.2, 0.25) is 0 Å². The van der Waals surface area contributed by atoms with Crippen LogP contribution in [0.3, 0.4) is 0 Å². The number of halogens is 1. The third-order valence-electron chi connectivity index (χ3n) is 5.89. The van der Waals surface area contributed by atoms with Crippen molar-refractivity contribution in [1.29, 1.82) is 0 Å². The van der Waals surface area contributed by atoms with Crippen molar-refractivity contribution in [2.45, 2.75) is 44.6 Å². The van der Waals surface area contributed by atoms with Gasteiger partial charge in [-0.2, -0.15) is 0 Å². The van der Waals surface area contributed by atoms with Gasteiger partial charge in [0.15, 0.2) is 0 Å². The summed E-state index contributed by atoms with van der Waals surface area (Å²) in [6.45, 7) is 8.41. The van der Waals surface area contributed by atoms with Crippen LogP contribution in [0, 0.1) is 0 Å². The van der Waals surface area contributed by atoms with Gasteiger partial charge in [0.05, 0.1) is 18.8 Å². The fourth-order valence-electron chi connectivity index (χ4n) is 4.20. The number of morpholine rings is 1. The van der Waals surface area contributed by atoms with Crippen LogP contribution in [0.1, 0.15) is 49.3 Å². The van der Waals surface area contributed by atoms with Crippen LogP contribution in [0.5, 0.6) is 0 Å². The van der Waals surface area contributed by atoms with Gasteiger partial charge in [-0.1, -0.05) is 68.3 Å². The van der Waals surface area contributed by atoms with E-state index in [1.54, 1.807) is 0 Å². The number of hydrogen-bond acceptors (Lipinski definition) is 3. The van der Waals surface area contributed by atoms with E-state index in [9.17, 15) is 5.11 Å². The van der Waals surface area contributed by atoms with E-state index < -0.39 is 5.60 Å². The molecule has 2 aromatic carbocycles. The maximum atomic E-state index is 12.1. The number of nitrogens with zero attached hydrogens (tertiary/aromatic N) is 1. The van der Waals surface area contributed by atoms with E-state index >= 15 is 0 Å². The highest BCUT2D eigenvalue weighted by Crippen LogP contribution is 2.42. The van der Waals surface area contributed by atoms with Gasteiger partial charge in [-0.05, 0) is 41.7 Å². The zero-order valence-electron chi connectivity index (χ0n) is 17.0. The van der Waals surface area contributed by atoms with Crippen molar-refractivity contribution in [3.63, 3.8) is 0 Å². The van der Waals surface area contributed by atoms with Crippen molar-refractivity contribution < 1.29 is 9.84 Å². The molecule has 0 aromatic heterocycles. The zero-order valence-corrected chi connectivity index (χ0v) is 17.8. The monoisotopic (exact) mass is 401 g/mol. The Balaban J connectivity index is 2.00. The molecule has 2 atom stereocenters. The minimum Gasteiger partial charge on any atom is -0.384 e. The largest absolute Gasteiger partial charge is 0.384 e. The van der Waals surface area contributed by atoms with Crippen LogP contribution in [0.25, 0.3) is 0 Å². The molecule has 0 amide bonds. The Labute approximate surface area is 174 Å². The standard InChI is InChI=1S/C24H32ClNO2/c1-3-13-24(27,21-9-5-19(4-2)6-10-21)23(18-26-14-16-28-17-15-26)20-7-11-22(25)12-8-20/h5-12,23,27H,3-4,13-18H2,1-2H3. The Morgan fingerprint density at radius 2 is 1.68 bits per heavy atom. The van der Waals surface area contributed by atoms with Gasteiger partial charge < -0.3 is 9.84 Å². The quantitative estimate of drug-likeness (QED) is 0.675. The summed E-state index contributed by atoms with van der Waals surface area (Å²) in [7, 11) is 0. The topological polar surface area (TPSA) is 32.7 Å². The van der Waals surface area contributed by atoms with Crippen LogP contribution in [0.2, 0.25) is 5.02 Å². The molecule has 2 aromatic rings. The number of rotatable bonds is 8. The summed E-state index contributed by atoms with van der Waals surface area (Å²) < 4.78 is 5.52. The third kappa shape index (κ3) is 4.96. The lowest BCUT2D eigenvalue weighted by atomic mass is 9.74. The summed E-state index contributed by atoms with van der Waals surface area (Å²) in [6.07, 6.45) is 2.64. The summed E-state index contributed by atoms with van der Waals surface area (Å²) >= 11 is 6.14. The van der Waals surface area contributed by atoms with Crippen molar-refractivity contribution in [2.24, 2.45) is 0 Å². The Bertz CT molecular complexity index is 725. The van der Waals surface area contributed by atoms with Gasteiger partial charge in [-0.3, -0.25) is 4.90 Å². The van der Waals surface area contributed by atoms with E-state index in [1.165, 1.54) is 5.56 Å². The predicted octanol–water partition coefficient (Wildman–Crippen LogP) is 5.01. The predicted molar refractivity (Wildman–Crippen MR) is 116 cm³/mol. The van der Waals surface area contributed by atoms with Gasteiger partial charge in [-0.15, -0.1) is 0 Å². The lowest BCUT2D eigenvalue weighted by Crippen LogP contribution is -2.45. The highest BCUT2D eigenvalue weighted by Gasteiger charge is 2.39. The van der Waals surface area contributed by atoms with Crippen molar-refractivity contribution in [3.8, 4) is 0 Å². The second kappa shape index (κ2) is 9.89. The minimum absolute atomic E-state index is 0.0321. The van der Waals surface area contributed by atoms with Crippen molar-refractivity contribution >= 4 is 11.6 Å². The molecule has 0 aliphatic carbocycles. The van der Waals surface area contributed by atoms with Crippen molar-refractivity contribution in [2.75, 3.05) is 32.8 Å². The van der Waals surface area contributed by atoms with E-state index in [2.05, 4.69) is 55.1 Å². The lowest BCUT2D eigenvalue weighted by molar-refractivity contribution is -0.0285. The number of aliphatic hydroxyl groups is 1.